The highest BCUT2D eigenvalue weighted by molar-refractivity contribution is 7.93. The number of anilines is 1. The van der Waals surface area contributed by atoms with Gasteiger partial charge in [0.15, 0.2) is 0 Å². The van der Waals surface area contributed by atoms with Crippen molar-refractivity contribution >= 4 is 44.9 Å². The Morgan fingerprint density at radius 2 is 2.06 bits per heavy atom. The minimum atomic E-state index is -3.65. The zero-order valence-corrected chi connectivity index (χ0v) is 10.1. The van der Waals surface area contributed by atoms with E-state index >= 15 is 0 Å². The van der Waals surface area contributed by atoms with Crippen LogP contribution in [0.25, 0.3) is 0 Å². The summed E-state index contributed by atoms with van der Waals surface area (Å²) in [5.41, 5.74) is -0.0844. The Bertz CT molecular complexity index is 515. The Kier molecular flexibility index (Phi) is 4.01. The highest BCUT2D eigenvalue weighted by Crippen LogP contribution is 2.21. The lowest BCUT2D eigenvalue weighted by atomic mass is 10.2. The number of benzene rings is 1. The summed E-state index contributed by atoms with van der Waals surface area (Å²) >= 11 is 10.8. The maximum Gasteiger partial charge on any atom is 0.337 e. The van der Waals surface area contributed by atoms with E-state index in [0.29, 0.717) is 0 Å². The third-order valence-electron chi connectivity index (χ3n) is 1.61. The Morgan fingerprint density at radius 1 is 1.44 bits per heavy atom. The molecule has 0 spiro atoms. The first-order valence-electron chi connectivity index (χ1n) is 3.95. The molecule has 0 unspecified atom stereocenters. The fraction of sp³-hybridized carbons (Fsp3) is 0.125. The molecular weight excluding hydrogens is 277 g/mol. The maximum absolute atomic E-state index is 11.1. The fourth-order valence-electron chi connectivity index (χ4n) is 0.959. The Labute approximate surface area is 102 Å². The summed E-state index contributed by atoms with van der Waals surface area (Å²) in [7, 11) is -3.65. The zero-order chi connectivity index (χ0) is 12.3. The number of hydrogen-bond acceptors (Lipinski definition) is 3. The van der Waals surface area contributed by atoms with Crippen LogP contribution in [0.4, 0.5) is 5.69 Å². The van der Waals surface area contributed by atoms with Crippen molar-refractivity contribution in [3.63, 3.8) is 0 Å². The van der Waals surface area contributed by atoms with E-state index in [0.717, 1.165) is 6.07 Å². The fourth-order valence-corrected chi connectivity index (χ4v) is 1.86. The van der Waals surface area contributed by atoms with E-state index in [1.807, 2.05) is 0 Å². The van der Waals surface area contributed by atoms with Crippen LogP contribution in [-0.4, -0.2) is 24.7 Å². The van der Waals surface area contributed by atoms with Crippen molar-refractivity contribution in [1.29, 1.82) is 0 Å². The third-order valence-corrected chi connectivity index (χ3v) is 3.64. The number of halogens is 2. The number of rotatable bonds is 4. The smallest absolute Gasteiger partial charge is 0.337 e. The topological polar surface area (TPSA) is 83.5 Å². The normalized spacial score (nSPS) is 11.1. The molecule has 0 aliphatic heterocycles. The molecule has 0 fully saturated rings. The standard InChI is InChI=1S/C8H7Cl2NO4S/c9-4-16(14,15)11-5-1-2-7(10)6(3-5)8(12)13/h1-3,11H,4H2,(H,12,13). The molecule has 0 saturated heterocycles. The van der Waals surface area contributed by atoms with Gasteiger partial charge < -0.3 is 5.11 Å². The molecule has 0 aliphatic carbocycles. The monoisotopic (exact) mass is 283 g/mol. The van der Waals surface area contributed by atoms with E-state index in [-0.39, 0.29) is 16.3 Å². The van der Waals surface area contributed by atoms with Crippen LogP contribution in [0.2, 0.25) is 5.02 Å². The van der Waals surface area contributed by atoms with Crippen LogP contribution in [0.15, 0.2) is 18.2 Å². The number of hydrogen-bond donors (Lipinski definition) is 2. The maximum atomic E-state index is 11.1. The first kappa shape index (κ1) is 13.1. The van der Waals surface area contributed by atoms with Crippen molar-refractivity contribution in [2.24, 2.45) is 0 Å². The molecular formula is C8H7Cl2NO4S. The summed E-state index contributed by atoms with van der Waals surface area (Å²) in [6.07, 6.45) is 0. The Balaban J connectivity index is 3.09. The largest absolute Gasteiger partial charge is 0.478 e. The second-order valence-corrected chi connectivity index (χ2v) is 5.54. The van der Waals surface area contributed by atoms with Gasteiger partial charge in [0, 0.05) is 5.69 Å². The SMILES string of the molecule is O=C(O)c1cc(NS(=O)(=O)CCl)ccc1Cl. The van der Waals surface area contributed by atoms with Gasteiger partial charge >= 0.3 is 5.97 Å². The molecule has 1 rings (SSSR count). The van der Waals surface area contributed by atoms with Gasteiger partial charge in [-0.25, -0.2) is 13.2 Å². The van der Waals surface area contributed by atoms with E-state index in [4.69, 9.17) is 28.3 Å². The molecule has 2 N–H and O–H groups in total. The molecule has 0 aromatic heterocycles. The van der Waals surface area contributed by atoms with E-state index in [1.165, 1.54) is 12.1 Å². The third kappa shape index (κ3) is 3.26. The summed E-state index contributed by atoms with van der Waals surface area (Å²) < 4.78 is 24.3. The average Bonchev–Trinajstić information content (AvgIpc) is 2.20. The molecule has 1 aromatic carbocycles. The lowest BCUT2D eigenvalue weighted by Crippen LogP contribution is -2.13. The molecule has 0 amide bonds. The molecule has 16 heavy (non-hydrogen) atoms. The van der Waals surface area contributed by atoms with Gasteiger partial charge in [-0.15, -0.1) is 11.6 Å². The molecule has 0 saturated carbocycles. The summed E-state index contributed by atoms with van der Waals surface area (Å²) in [6.45, 7) is 0. The van der Waals surface area contributed by atoms with Gasteiger partial charge in [0.05, 0.1) is 10.6 Å². The molecule has 0 aliphatic rings. The van der Waals surface area contributed by atoms with Crippen LogP contribution in [0.3, 0.4) is 0 Å². The average molecular weight is 284 g/mol. The number of nitrogens with one attached hydrogen (secondary N) is 1. The highest BCUT2D eigenvalue weighted by atomic mass is 35.5. The van der Waals surface area contributed by atoms with Crippen molar-refractivity contribution in [3.8, 4) is 0 Å². The van der Waals surface area contributed by atoms with Crippen LogP contribution < -0.4 is 4.72 Å². The van der Waals surface area contributed by atoms with E-state index in [9.17, 15) is 13.2 Å². The Morgan fingerprint density at radius 3 is 2.56 bits per heavy atom. The number of aromatic carboxylic acids is 1. The summed E-state index contributed by atoms with van der Waals surface area (Å²) in [5, 5.41) is 8.17. The Hall–Kier alpha value is -0.980. The first-order chi connectivity index (χ1) is 7.35. The minimum absolute atomic E-state index is 0.0290. The molecule has 0 radical (unpaired) electrons. The quantitative estimate of drug-likeness (QED) is 0.828. The number of carboxylic acids is 1. The summed E-state index contributed by atoms with van der Waals surface area (Å²) in [4.78, 5) is 10.7. The van der Waals surface area contributed by atoms with Gasteiger partial charge in [-0.2, -0.15) is 0 Å². The summed E-state index contributed by atoms with van der Waals surface area (Å²) in [6, 6.07) is 3.75. The highest BCUT2D eigenvalue weighted by Gasteiger charge is 2.12. The van der Waals surface area contributed by atoms with Gasteiger partial charge in [-0.3, -0.25) is 4.72 Å². The van der Waals surface area contributed by atoms with Crippen molar-refractivity contribution in [3.05, 3.63) is 28.8 Å². The van der Waals surface area contributed by atoms with Crippen LogP contribution >= 0.6 is 23.2 Å². The zero-order valence-electron chi connectivity index (χ0n) is 7.78. The predicted octanol–water partition coefficient (Wildman–Crippen LogP) is 1.98. The van der Waals surface area contributed by atoms with Crippen molar-refractivity contribution in [2.45, 2.75) is 0 Å². The lowest BCUT2D eigenvalue weighted by molar-refractivity contribution is 0.0697. The van der Waals surface area contributed by atoms with Crippen molar-refractivity contribution < 1.29 is 18.3 Å². The van der Waals surface area contributed by atoms with Crippen LogP contribution in [0.5, 0.6) is 0 Å². The number of carbonyl (C=O) groups is 1. The summed E-state index contributed by atoms with van der Waals surface area (Å²) in [5.74, 6) is -1.24. The van der Waals surface area contributed by atoms with Gasteiger partial charge in [-0.1, -0.05) is 11.6 Å². The van der Waals surface area contributed by atoms with Crippen LogP contribution in [0.1, 0.15) is 10.4 Å². The molecule has 88 valence electrons. The van der Waals surface area contributed by atoms with Crippen molar-refractivity contribution in [1.82, 2.24) is 0 Å². The molecule has 8 heteroatoms. The molecule has 1 aromatic rings. The first-order valence-corrected chi connectivity index (χ1v) is 6.51. The van der Waals surface area contributed by atoms with Crippen LogP contribution in [-0.2, 0) is 10.0 Å². The minimum Gasteiger partial charge on any atom is -0.478 e. The number of carboxylic acid groups (broad SMARTS) is 1. The second-order valence-electron chi connectivity index (χ2n) is 2.83. The van der Waals surface area contributed by atoms with Gasteiger partial charge in [0.1, 0.15) is 5.21 Å². The number of sulfonamides is 1. The molecule has 0 heterocycles. The predicted molar refractivity (Wildman–Crippen MR) is 61.7 cm³/mol. The second kappa shape index (κ2) is 4.90. The molecule has 0 atom stereocenters. The van der Waals surface area contributed by atoms with Crippen LogP contribution in [0, 0.1) is 0 Å². The van der Waals surface area contributed by atoms with Gasteiger partial charge in [-0.05, 0) is 18.2 Å². The van der Waals surface area contributed by atoms with Gasteiger partial charge in [0.25, 0.3) is 0 Å². The molecule has 0 bridgehead atoms. The van der Waals surface area contributed by atoms with E-state index < -0.39 is 21.2 Å². The lowest BCUT2D eigenvalue weighted by Gasteiger charge is -2.06. The van der Waals surface area contributed by atoms with E-state index in [1.54, 1.807) is 0 Å². The van der Waals surface area contributed by atoms with Crippen molar-refractivity contribution in [2.75, 3.05) is 9.93 Å². The number of alkyl halides is 1. The molecule has 5 nitrogen and oxygen atoms in total. The van der Waals surface area contributed by atoms with E-state index in [2.05, 4.69) is 4.72 Å². The van der Waals surface area contributed by atoms with Gasteiger partial charge in [0.2, 0.25) is 10.0 Å².